The van der Waals surface area contributed by atoms with E-state index in [0.29, 0.717) is 13.0 Å². The molecule has 1 aromatic rings. The normalized spacial score (nSPS) is 17.5. The highest BCUT2D eigenvalue weighted by Gasteiger charge is 2.26. The van der Waals surface area contributed by atoms with Gasteiger partial charge in [0.15, 0.2) is 5.96 Å². The molecule has 1 aromatic carbocycles. The topological polar surface area (TPSA) is 47.9 Å². The summed E-state index contributed by atoms with van der Waals surface area (Å²) in [6.45, 7) is 3.56. The van der Waals surface area contributed by atoms with E-state index in [9.17, 15) is 4.79 Å². The number of fused-ring (bicyclic) bond motifs is 1. The Kier molecular flexibility index (Phi) is 6.05. The van der Waals surface area contributed by atoms with E-state index in [1.165, 1.54) is 12.8 Å². The Balaban J connectivity index is 0.00000176. The molecule has 1 fully saturated rings. The van der Waals surface area contributed by atoms with Crippen LogP contribution in [0.5, 0.6) is 0 Å². The van der Waals surface area contributed by atoms with Gasteiger partial charge in [-0.15, -0.1) is 24.0 Å². The predicted molar refractivity (Wildman–Crippen MR) is 100 cm³/mol. The van der Waals surface area contributed by atoms with Crippen LogP contribution in [-0.4, -0.2) is 50.0 Å². The maximum Gasteiger partial charge on any atom is 0.231 e. The van der Waals surface area contributed by atoms with E-state index in [-0.39, 0.29) is 29.9 Å². The van der Waals surface area contributed by atoms with Crippen molar-refractivity contribution in [2.75, 3.05) is 38.1 Å². The van der Waals surface area contributed by atoms with Crippen molar-refractivity contribution in [2.24, 2.45) is 4.99 Å². The molecular formula is C16H23IN4O. The number of nitrogens with one attached hydrogen (secondary N) is 1. The second-order valence-corrected chi connectivity index (χ2v) is 5.52. The molecule has 2 heterocycles. The molecule has 3 rings (SSSR count). The van der Waals surface area contributed by atoms with Crippen molar-refractivity contribution in [3.8, 4) is 0 Å². The number of nitrogens with zero attached hydrogens (tertiary/aromatic N) is 3. The van der Waals surface area contributed by atoms with Crippen molar-refractivity contribution < 1.29 is 4.79 Å². The molecule has 0 bridgehead atoms. The first-order valence-corrected chi connectivity index (χ1v) is 7.63. The fourth-order valence-corrected chi connectivity index (χ4v) is 3.10. The number of halogens is 1. The molecule has 22 heavy (non-hydrogen) atoms. The third kappa shape index (κ3) is 3.53. The molecule has 1 N–H and O–H groups in total. The standard InChI is InChI=1S/C16H22N4O.HI/c1-17-16(19-9-4-5-10-19)18-8-11-20-14-7-3-2-6-13(14)12-15(20)21;/h2-3,6-7H,4-5,8-12H2,1H3,(H,17,18);1H. The summed E-state index contributed by atoms with van der Waals surface area (Å²) >= 11 is 0. The van der Waals surface area contributed by atoms with Crippen molar-refractivity contribution in [3.05, 3.63) is 29.8 Å². The lowest BCUT2D eigenvalue weighted by atomic mass is 10.2. The number of aliphatic imine (C=N–C) groups is 1. The van der Waals surface area contributed by atoms with Crippen LogP contribution in [0.3, 0.4) is 0 Å². The van der Waals surface area contributed by atoms with Crippen LogP contribution in [0.4, 0.5) is 5.69 Å². The monoisotopic (exact) mass is 414 g/mol. The summed E-state index contributed by atoms with van der Waals surface area (Å²) < 4.78 is 0. The van der Waals surface area contributed by atoms with Gasteiger partial charge in [-0.1, -0.05) is 18.2 Å². The number of likely N-dealkylation sites (tertiary alicyclic amines) is 1. The van der Waals surface area contributed by atoms with E-state index in [1.54, 1.807) is 0 Å². The van der Waals surface area contributed by atoms with E-state index in [0.717, 1.165) is 36.8 Å². The molecule has 0 aliphatic carbocycles. The minimum absolute atomic E-state index is 0. The summed E-state index contributed by atoms with van der Waals surface area (Å²) in [6, 6.07) is 8.03. The lowest BCUT2D eigenvalue weighted by Crippen LogP contribution is -2.43. The average Bonchev–Trinajstić information content (AvgIpc) is 3.12. The first-order chi connectivity index (χ1) is 10.3. The van der Waals surface area contributed by atoms with Gasteiger partial charge in [0.25, 0.3) is 0 Å². The van der Waals surface area contributed by atoms with Crippen LogP contribution in [0.1, 0.15) is 18.4 Å². The van der Waals surface area contributed by atoms with Crippen LogP contribution in [-0.2, 0) is 11.2 Å². The van der Waals surface area contributed by atoms with E-state index < -0.39 is 0 Å². The largest absolute Gasteiger partial charge is 0.354 e. The van der Waals surface area contributed by atoms with Crippen LogP contribution in [0, 0.1) is 0 Å². The molecule has 0 saturated carbocycles. The van der Waals surface area contributed by atoms with Crippen LogP contribution in [0.2, 0.25) is 0 Å². The van der Waals surface area contributed by atoms with Gasteiger partial charge in [-0.3, -0.25) is 9.79 Å². The summed E-state index contributed by atoms with van der Waals surface area (Å²) in [5.41, 5.74) is 2.19. The number of anilines is 1. The zero-order valence-electron chi connectivity index (χ0n) is 12.9. The Morgan fingerprint density at radius 2 is 2.00 bits per heavy atom. The Hall–Kier alpha value is -1.31. The predicted octanol–water partition coefficient (Wildman–Crippen LogP) is 1.86. The fraction of sp³-hybridized carbons (Fsp3) is 0.500. The molecule has 2 aliphatic heterocycles. The second kappa shape index (κ2) is 7.80. The number of rotatable bonds is 3. The highest BCUT2D eigenvalue weighted by atomic mass is 127. The van der Waals surface area contributed by atoms with Gasteiger partial charge in [-0.25, -0.2) is 0 Å². The lowest BCUT2D eigenvalue weighted by molar-refractivity contribution is -0.117. The first kappa shape index (κ1) is 17.1. The van der Waals surface area contributed by atoms with Gasteiger partial charge in [0.05, 0.1) is 6.42 Å². The van der Waals surface area contributed by atoms with E-state index in [1.807, 2.05) is 36.2 Å². The van der Waals surface area contributed by atoms with Crippen molar-refractivity contribution in [1.82, 2.24) is 10.2 Å². The van der Waals surface area contributed by atoms with Crippen molar-refractivity contribution >= 4 is 41.5 Å². The second-order valence-electron chi connectivity index (χ2n) is 5.52. The highest BCUT2D eigenvalue weighted by Crippen LogP contribution is 2.27. The zero-order valence-corrected chi connectivity index (χ0v) is 15.2. The average molecular weight is 414 g/mol. The van der Waals surface area contributed by atoms with Gasteiger partial charge < -0.3 is 15.1 Å². The van der Waals surface area contributed by atoms with Crippen LogP contribution in [0.25, 0.3) is 0 Å². The Labute approximate surface area is 148 Å². The Bertz CT molecular complexity index is 555. The molecule has 1 amide bonds. The zero-order chi connectivity index (χ0) is 14.7. The maximum absolute atomic E-state index is 12.1. The number of guanidine groups is 1. The molecule has 0 radical (unpaired) electrons. The fourth-order valence-electron chi connectivity index (χ4n) is 3.10. The van der Waals surface area contributed by atoms with Gasteiger partial charge in [-0.2, -0.15) is 0 Å². The minimum Gasteiger partial charge on any atom is -0.354 e. The van der Waals surface area contributed by atoms with Crippen molar-refractivity contribution in [1.29, 1.82) is 0 Å². The van der Waals surface area contributed by atoms with Crippen LogP contribution >= 0.6 is 24.0 Å². The minimum atomic E-state index is 0. The number of carbonyl (C=O) groups excluding carboxylic acids is 1. The van der Waals surface area contributed by atoms with Crippen molar-refractivity contribution in [2.45, 2.75) is 19.3 Å². The van der Waals surface area contributed by atoms with Crippen LogP contribution < -0.4 is 10.2 Å². The summed E-state index contributed by atoms with van der Waals surface area (Å²) in [4.78, 5) is 20.6. The van der Waals surface area contributed by atoms with Crippen molar-refractivity contribution in [3.63, 3.8) is 0 Å². The summed E-state index contributed by atoms with van der Waals surface area (Å²) in [5.74, 6) is 1.14. The number of amides is 1. The molecule has 0 unspecified atom stereocenters. The molecule has 6 heteroatoms. The Morgan fingerprint density at radius 1 is 1.27 bits per heavy atom. The SMILES string of the molecule is CN=C(NCCN1C(=O)Cc2ccccc21)N1CCCC1.I. The number of hydrogen-bond acceptors (Lipinski definition) is 2. The van der Waals surface area contributed by atoms with Gasteiger partial charge in [0.1, 0.15) is 0 Å². The highest BCUT2D eigenvalue weighted by molar-refractivity contribution is 14.0. The molecule has 2 aliphatic rings. The number of benzene rings is 1. The summed E-state index contributed by atoms with van der Waals surface area (Å²) in [6.07, 6.45) is 2.99. The number of hydrogen-bond donors (Lipinski definition) is 1. The van der Waals surface area contributed by atoms with Gasteiger partial charge in [-0.05, 0) is 24.5 Å². The van der Waals surface area contributed by atoms with E-state index >= 15 is 0 Å². The van der Waals surface area contributed by atoms with E-state index in [2.05, 4.69) is 15.2 Å². The molecule has 0 atom stereocenters. The third-order valence-electron chi connectivity index (χ3n) is 4.16. The molecule has 0 spiro atoms. The quantitative estimate of drug-likeness (QED) is 0.467. The summed E-state index contributed by atoms with van der Waals surface area (Å²) in [5, 5.41) is 3.37. The van der Waals surface area contributed by atoms with Gasteiger partial charge >= 0.3 is 0 Å². The smallest absolute Gasteiger partial charge is 0.231 e. The molecule has 1 saturated heterocycles. The molecular weight excluding hydrogens is 391 g/mol. The van der Waals surface area contributed by atoms with Gasteiger partial charge in [0.2, 0.25) is 5.91 Å². The summed E-state index contributed by atoms with van der Waals surface area (Å²) in [7, 11) is 1.82. The number of para-hydroxylation sites is 1. The molecule has 120 valence electrons. The molecule has 5 nitrogen and oxygen atoms in total. The lowest BCUT2D eigenvalue weighted by Gasteiger charge is -2.23. The third-order valence-corrected chi connectivity index (χ3v) is 4.16. The molecule has 0 aromatic heterocycles. The van der Waals surface area contributed by atoms with Gasteiger partial charge in [0, 0.05) is 38.9 Å². The Morgan fingerprint density at radius 3 is 2.73 bits per heavy atom. The van der Waals surface area contributed by atoms with E-state index in [4.69, 9.17) is 0 Å². The van der Waals surface area contributed by atoms with Crippen LogP contribution in [0.15, 0.2) is 29.3 Å². The first-order valence-electron chi connectivity index (χ1n) is 7.63. The maximum atomic E-state index is 12.1. The number of carbonyl (C=O) groups is 1.